The summed E-state index contributed by atoms with van der Waals surface area (Å²) in [6.07, 6.45) is 1.71. The molecular weight excluding hydrogens is 336 g/mol. The average molecular weight is 358 g/mol. The quantitative estimate of drug-likeness (QED) is 0.668. The van der Waals surface area contributed by atoms with Crippen LogP contribution in [0.2, 0.25) is 0 Å². The van der Waals surface area contributed by atoms with E-state index in [0.717, 1.165) is 12.8 Å². The summed E-state index contributed by atoms with van der Waals surface area (Å²) in [5, 5.41) is 24.6. The number of carbonyl (C=O) groups excluding carboxylic acids is 1. The summed E-state index contributed by atoms with van der Waals surface area (Å²) in [5.74, 6) is 0.546. The number of hydrogen-bond acceptors (Lipinski definition) is 5. The lowest BCUT2D eigenvalue weighted by molar-refractivity contribution is -0.386. The molecule has 0 radical (unpaired) electrons. The monoisotopic (exact) mass is 358 g/mol. The molecule has 0 saturated carbocycles. The summed E-state index contributed by atoms with van der Waals surface area (Å²) < 4.78 is 1.42. The van der Waals surface area contributed by atoms with Gasteiger partial charge in [0, 0.05) is 13.1 Å². The van der Waals surface area contributed by atoms with Crippen LogP contribution in [-0.4, -0.2) is 43.7 Å². The summed E-state index contributed by atoms with van der Waals surface area (Å²) in [5.41, 5.74) is 1.87. The van der Waals surface area contributed by atoms with Crippen molar-refractivity contribution in [1.82, 2.24) is 14.7 Å². The zero-order chi connectivity index (χ0) is 18.8. The zero-order valence-corrected chi connectivity index (χ0v) is 14.9. The van der Waals surface area contributed by atoms with Gasteiger partial charge in [0.05, 0.1) is 4.92 Å². The number of hydrogen-bond donors (Lipinski definition) is 1. The highest BCUT2D eigenvalue weighted by molar-refractivity contribution is 5.76. The van der Waals surface area contributed by atoms with Gasteiger partial charge in [-0.15, -0.1) is 0 Å². The SMILES string of the molecule is Cc1nn(CC(=O)N2CCC(c3ccc(O)cc3)CC2)c(C)c1[N+](=O)[O-]. The number of piperidine rings is 1. The minimum Gasteiger partial charge on any atom is -0.508 e. The summed E-state index contributed by atoms with van der Waals surface area (Å²) in [4.78, 5) is 25.0. The van der Waals surface area contributed by atoms with Crippen LogP contribution in [0.1, 0.15) is 35.7 Å². The van der Waals surface area contributed by atoms with E-state index >= 15 is 0 Å². The number of aryl methyl sites for hydroxylation is 1. The van der Waals surface area contributed by atoms with Gasteiger partial charge in [0.2, 0.25) is 5.91 Å². The number of nitrogens with zero attached hydrogens (tertiary/aromatic N) is 4. The molecule has 1 aliphatic rings. The number of nitro groups is 1. The molecule has 2 aromatic rings. The fourth-order valence-electron chi connectivity index (χ4n) is 3.54. The van der Waals surface area contributed by atoms with Crippen molar-refractivity contribution in [2.75, 3.05) is 13.1 Å². The Morgan fingerprint density at radius 1 is 1.27 bits per heavy atom. The Hall–Kier alpha value is -2.90. The van der Waals surface area contributed by atoms with Crippen LogP contribution in [0.4, 0.5) is 5.69 Å². The maximum atomic E-state index is 12.6. The van der Waals surface area contributed by atoms with Gasteiger partial charge in [-0.25, -0.2) is 0 Å². The number of phenolic OH excluding ortho intramolecular Hbond substituents is 1. The fraction of sp³-hybridized carbons (Fsp3) is 0.444. The normalized spacial score (nSPS) is 15.2. The summed E-state index contributed by atoms with van der Waals surface area (Å²) in [6, 6.07) is 7.21. The number of aromatic nitrogens is 2. The first-order valence-corrected chi connectivity index (χ1v) is 8.62. The maximum Gasteiger partial charge on any atom is 0.312 e. The molecule has 0 aliphatic carbocycles. The number of amides is 1. The maximum absolute atomic E-state index is 12.6. The van der Waals surface area contributed by atoms with E-state index in [1.807, 2.05) is 12.1 Å². The van der Waals surface area contributed by atoms with Crippen molar-refractivity contribution in [2.45, 2.75) is 39.2 Å². The van der Waals surface area contributed by atoms with Crippen LogP contribution < -0.4 is 0 Å². The van der Waals surface area contributed by atoms with Crippen LogP contribution in [0, 0.1) is 24.0 Å². The van der Waals surface area contributed by atoms with Gasteiger partial charge in [0.15, 0.2) is 0 Å². The van der Waals surface area contributed by atoms with Crippen molar-refractivity contribution >= 4 is 11.6 Å². The van der Waals surface area contributed by atoms with Gasteiger partial charge in [0.1, 0.15) is 23.7 Å². The van der Waals surface area contributed by atoms with Crippen LogP contribution in [0.3, 0.4) is 0 Å². The minimum absolute atomic E-state index is 0.0182. The predicted molar refractivity (Wildman–Crippen MR) is 95.0 cm³/mol. The molecule has 8 nitrogen and oxygen atoms in total. The van der Waals surface area contributed by atoms with Crippen LogP contribution in [0.15, 0.2) is 24.3 Å². The first-order chi connectivity index (χ1) is 12.4. The number of rotatable bonds is 4. The van der Waals surface area contributed by atoms with E-state index in [9.17, 15) is 20.0 Å². The number of benzene rings is 1. The molecule has 1 aromatic heterocycles. The molecule has 8 heteroatoms. The van der Waals surface area contributed by atoms with Crippen molar-refractivity contribution in [1.29, 1.82) is 0 Å². The van der Waals surface area contributed by atoms with Gasteiger partial charge in [-0.2, -0.15) is 5.10 Å². The Morgan fingerprint density at radius 3 is 2.42 bits per heavy atom. The van der Waals surface area contributed by atoms with Crippen molar-refractivity contribution in [3.05, 3.63) is 51.3 Å². The molecule has 0 spiro atoms. The highest BCUT2D eigenvalue weighted by Gasteiger charge is 2.27. The van der Waals surface area contributed by atoms with E-state index in [-0.39, 0.29) is 23.9 Å². The molecule has 1 saturated heterocycles. The van der Waals surface area contributed by atoms with E-state index in [1.165, 1.54) is 10.2 Å². The third-order valence-electron chi connectivity index (χ3n) is 5.02. The molecule has 1 amide bonds. The fourth-order valence-corrected chi connectivity index (χ4v) is 3.54. The van der Waals surface area contributed by atoms with E-state index in [1.54, 1.807) is 30.9 Å². The summed E-state index contributed by atoms with van der Waals surface area (Å²) in [7, 11) is 0. The Labute approximate surface area is 151 Å². The van der Waals surface area contributed by atoms with E-state index in [4.69, 9.17) is 0 Å². The Kier molecular flexibility index (Phi) is 4.92. The lowest BCUT2D eigenvalue weighted by Crippen LogP contribution is -2.40. The predicted octanol–water partition coefficient (Wildman–Crippen LogP) is 2.52. The molecule has 1 aromatic carbocycles. The van der Waals surface area contributed by atoms with E-state index < -0.39 is 4.92 Å². The minimum atomic E-state index is -0.457. The molecule has 0 atom stereocenters. The van der Waals surface area contributed by atoms with E-state index in [0.29, 0.717) is 30.4 Å². The smallest absolute Gasteiger partial charge is 0.312 e. The summed E-state index contributed by atoms with van der Waals surface area (Å²) >= 11 is 0. The Bertz CT molecular complexity index is 820. The molecule has 2 heterocycles. The van der Waals surface area contributed by atoms with Gasteiger partial charge in [-0.05, 0) is 50.3 Å². The molecule has 138 valence electrons. The van der Waals surface area contributed by atoms with Crippen molar-refractivity contribution in [2.24, 2.45) is 0 Å². The van der Waals surface area contributed by atoms with Crippen molar-refractivity contribution < 1.29 is 14.8 Å². The lowest BCUT2D eigenvalue weighted by Gasteiger charge is -2.32. The van der Waals surface area contributed by atoms with Gasteiger partial charge in [-0.1, -0.05) is 12.1 Å². The first-order valence-electron chi connectivity index (χ1n) is 8.62. The lowest BCUT2D eigenvalue weighted by atomic mass is 9.89. The number of aromatic hydroxyl groups is 1. The number of carbonyl (C=O) groups is 1. The van der Waals surface area contributed by atoms with E-state index in [2.05, 4.69) is 5.10 Å². The Balaban J connectivity index is 1.61. The van der Waals surface area contributed by atoms with Crippen molar-refractivity contribution in [3.8, 4) is 5.75 Å². The van der Waals surface area contributed by atoms with Gasteiger partial charge < -0.3 is 10.0 Å². The number of likely N-dealkylation sites (tertiary alicyclic amines) is 1. The molecular formula is C18H22N4O4. The van der Waals surface area contributed by atoms with Crippen LogP contribution >= 0.6 is 0 Å². The Morgan fingerprint density at radius 2 is 1.88 bits per heavy atom. The molecule has 0 bridgehead atoms. The number of phenols is 1. The zero-order valence-electron chi connectivity index (χ0n) is 14.9. The van der Waals surface area contributed by atoms with Crippen molar-refractivity contribution in [3.63, 3.8) is 0 Å². The van der Waals surface area contributed by atoms with Crippen LogP contribution in [0.5, 0.6) is 5.75 Å². The molecule has 1 aliphatic heterocycles. The molecule has 0 unspecified atom stereocenters. The second kappa shape index (κ2) is 7.15. The second-order valence-corrected chi connectivity index (χ2v) is 6.68. The van der Waals surface area contributed by atoms with Gasteiger partial charge >= 0.3 is 5.69 Å². The molecule has 1 fully saturated rings. The largest absolute Gasteiger partial charge is 0.508 e. The van der Waals surface area contributed by atoms with Crippen LogP contribution in [0.25, 0.3) is 0 Å². The first kappa shape index (κ1) is 17.9. The van der Waals surface area contributed by atoms with Gasteiger partial charge in [0.25, 0.3) is 0 Å². The van der Waals surface area contributed by atoms with Crippen LogP contribution in [-0.2, 0) is 11.3 Å². The molecule has 1 N–H and O–H groups in total. The highest BCUT2D eigenvalue weighted by atomic mass is 16.6. The third-order valence-corrected chi connectivity index (χ3v) is 5.02. The molecule has 26 heavy (non-hydrogen) atoms. The standard InChI is InChI=1S/C18H22N4O4/c1-12-18(22(25)26)13(2)21(19-12)11-17(24)20-9-7-15(8-10-20)14-3-5-16(23)6-4-14/h3-6,15,23H,7-11H2,1-2H3. The second-order valence-electron chi connectivity index (χ2n) is 6.68. The highest BCUT2D eigenvalue weighted by Crippen LogP contribution is 2.29. The van der Waals surface area contributed by atoms with Gasteiger partial charge in [-0.3, -0.25) is 19.6 Å². The topological polar surface area (TPSA) is 102 Å². The summed E-state index contributed by atoms with van der Waals surface area (Å²) in [6.45, 7) is 4.50. The average Bonchev–Trinajstić information content (AvgIpc) is 2.89. The molecule has 3 rings (SSSR count). The third kappa shape index (κ3) is 3.54.